The summed E-state index contributed by atoms with van der Waals surface area (Å²) in [6, 6.07) is 7.82. The van der Waals surface area contributed by atoms with Gasteiger partial charge in [-0.25, -0.2) is 8.78 Å². The Kier molecular flexibility index (Phi) is 7.91. The minimum atomic E-state index is -2.95. The van der Waals surface area contributed by atoms with E-state index in [1.54, 1.807) is 13.1 Å². The molecule has 0 amide bonds. The van der Waals surface area contributed by atoms with E-state index in [-0.39, 0.29) is 12.3 Å². The Labute approximate surface area is 160 Å². The van der Waals surface area contributed by atoms with Crippen molar-refractivity contribution in [3.63, 3.8) is 0 Å². The molecule has 0 saturated carbocycles. The molecule has 5 nitrogen and oxygen atoms in total. The van der Waals surface area contributed by atoms with Gasteiger partial charge in [-0.15, -0.1) is 0 Å². The van der Waals surface area contributed by atoms with E-state index in [0.29, 0.717) is 35.8 Å². The highest BCUT2D eigenvalue weighted by Crippen LogP contribution is 2.25. The van der Waals surface area contributed by atoms with Crippen molar-refractivity contribution in [2.24, 2.45) is 4.99 Å². The van der Waals surface area contributed by atoms with Crippen LogP contribution in [0.3, 0.4) is 0 Å². The van der Waals surface area contributed by atoms with Crippen LogP contribution in [-0.2, 0) is 13.0 Å². The molecular weight excluding hydrogens is 378 g/mol. The van der Waals surface area contributed by atoms with Crippen molar-refractivity contribution in [2.75, 3.05) is 20.7 Å². The number of nitrogens with zero attached hydrogens (tertiary/aromatic N) is 1. The predicted molar refractivity (Wildman–Crippen MR) is 97.9 cm³/mol. The lowest BCUT2D eigenvalue weighted by atomic mass is 10.1. The van der Waals surface area contributed by atoms with Gasteiger partial charge in [0.1, 0.15) is 23.1 Å². The van der Waals surface area contributed by atoms with E-state index in [4.69, 9.17) is 4.74 Å². The zero-order valence-corrected chi connectivity index (χ0v) is 15.4. The van der Waals surface area contributed by atoms with E-state index in [9.17, 15) is 17.6 Å². The highest BCUT2D eigenvalue weighted by atomic mass is 19.3. The zero-order chi connectivity index (χ0) is 20.5. The molecule has 2 aromatic carbocycles. The third-order valence-electron chi connectivity index (χ3n) is 3.78. The fourth-order valence-electron chi connectivity index (χ4n) is 2.51. The van der Waals surface area contributed by atoms with Crippen molar-refractivity contribution in [3.05, 3.63) is 59.2 Å². The minimum absolute atomic E-state index is 0.0222. The second-order valence-electron chi connectivity index (χ2n) is 5.73. The lowest BCUT2D eigenvalue weighted by Gasteiger charge is -2.15. The standard InChI is InChI=1S/C19H21F4N3O2/c1-24-19(25-6-5-12-7-14(20)10-15(21)8-12)26-11-13-9-16(27-2)3-4-17(13)28-18(22)23/h3-4,7-10,18H,5-6,11H2,1-2H3,(H2,24,25,26). The Hall–Kier alpha value is -2.97. The molecule has 0 aromatic heterocycles. The van der Waals surface area contributed by atoms with Crippen molar-refractivity contribution >= 4 is 5.96 Å². The molecule has 0 atom stereocenters. The molecule has 9 heteroatoms. The summed E-state index contributed by atoms with van der Waals surface area (Å²) in [5.74, 6) is -0.365. The average molecular weight is 399 g/mol. The van der Waals surface area contributed by atoms with E-state index < -0.39 is 18.2 Å². The SMILES string of the molecule is CN=C(NCCc1cc(F)cc(F)c1)NCc1cc(OC)ccc1OC(F)F. The van der Waals surface area contributed by atoms with E-state index >= 15 is 0 Å². The number of methoxy groups -OCH3 is 1. The van der Waals surface area contributed by atoms with Crippen LogP contribution in [-0.4, -0.2) is 33.3 Å². The molecule has 2 rings (SSSR count). The first kappa shape index (κ1) is 21.3. The summed E-state index contributed by atoms with van der Waals surface area (Å²) in [6.45, 7) is -2.44. The van der Waals surface area contributed by atoms with Crippen LogP contribution in [0.15, 0.2) is 41.4 Å². The lowest BCUT2D eigenvalue weighted by Crippen LogP contribution is -2.38. The van der Waals surface area contributed by atoms with Gasteiger partial charge in [-0.05, 0) is 42.3 Å². The summed E-state index contributed by atoms with van der Waals surface area (Å²) in [4.78, 5) is 4.03. The molecule has 0 fully saturated rings. The molecule has 0 heterocycles. The van der Waals surface area contributed by atoms with Crippen LogP contribution in [0.25, 0.3) is 0 Å². The summed E-state index contributed by atoms with van der Waals surface area (Å²) in [5, 5.41) is 5.96. The number of ether oxygens (including phenoxy) is 2. The topological polar surface area (TPSA) is 54.9 Å². The Morgan fingerprint density at radius 2 is 1.79 bits per heavy atom. The Morgan fingerprint density at radius 1 is 1.07 bits per heavy atom. The van der Waals surface area contributed by atoms with Gasteiger partial charge in [-0.3, -0.25) is 4.99 Å². The van der Waals surface area contributed by atoms with Crippen LogP contribution in [0.1, 0.15) is 11.1 Å². The van der Waals surface area contributed by atoms with Gasteiger partial charge in [0.2, 0.25) is 0 Å². The molecule has 0 aliphatic heterocycles. The van der Waals surface area contributed by atoms with Gasteiger partial charge in [-0.2, -0.15) is 8.78 Å². The number of nitrogens with one attached hydrogen (secondary N) is 2. The molecule has 2 N–H and O–H groups in total. The Balaban J connectivity index is 1.94. The van der Waals surface area contributed by atoms with Gasteiger partial charge < -0.3 is 20.1 Å². The van der Waals surface area contributed by atoms with Crippen LogP contribution < -0.4 is 20.1 Å². The third-order valence-corrected chi connectivity index (χ3v) is 3.78. The van der Waals surface area contributed by atoms with Crippen LogP contribution in [0, 0.1) is 11.6 Å². The molecule has 0 bridgehead atoms. The lowest BCUT2D eigenvalue weighted by molar-refractivity contribution is -0.0505. The maximum atomic E-state index is 13.2. The fraction of sp³-hybridized carbons (Fsp3) is 0.316. The van der Waals surface area contributed by atoms with E-state index in [2.05, 4.69) is 20.4 Å². The van der Waals surface area contributed by atoms with E-state index in [0.717, 1.165) is 6.07 Å². The van der Waals surface area contributed by atoms with Gasteiger partial charge in [0.05, 0.1) is 7.11 Å². The second-order valence-corrected chi connectivity index (χ2v) is 5.73. The molecule has 152 valence electrons. The van der Waals surface area contributed by atoms with Crippen LogP contribution in [0.2, 0.25) is 0 Å². The summed E-state index contributed by atoms with van der Waals surface area (Å²) in [7, 11) is 3.01. The predicted octanol–water partition coefficient (Wildman–Crippen LogP) is 3.48. The number of rotatable bonds is 8. The molecule has 0 unspecified atom stereocenters. The number of halogens is 4. The van der Waals surface area contributed by atoms with Crippen LogP contribution in [0.4, 0.5) is 17.6 Å². The normalized spacial score (nSPS) is 11.5. The van der Waals surface area contributed by atoms with Crippen LogP contribution >= 0.6 is 0 Å². The molecule has 0 saturated heterocycles. The first-order chi connectivity index (χ1) is 13.4. The van der Waals surface area contributed by atoms with Crippen LogP contribution in [0.5, 0.6) is 11.5 Å². The number of aliphatic imine (C=N–C) groups is 1. The molecule has 0 spiro atoms. The van der Waals surface area contributed by atoms with Crippen molar-refractivity contribution in [1.29, 1.82) is 0 Å². The highest BCUT2D eigenvalue weighted by Gasteiger charge is 2.11. The average Bonchev–Trinajstić information content (AvgIpc) is 2.64. The van der Waals surface area contributed by atoms with E-state index in [1.807, 2.05) is 0 Å². The highest BCUT2D eigenvalue weighted by molar-refractivity contribution is 5.79. The molecular formula is C19H21F4N3O2. The molecule has 0 radical (unpaired) electrons. The van der Waals surface area contributed by atoms with E-state index in [1.165, 1.54) is 31.4 Å². The molecule has 28 heavy (non-hydrogen) atoms. The number of benzene rings is 2. The Morgan fingerprint density at radius 3 is 2.39 bits per heavy atom. The minimum Gasteiger partial charge on any atom is -0.497 e. The number of alkyl halides is 2. The maximum absolute atomic E-state index is 13.2. The Bertz CT molecular complexity index is 796. The monoisotopic (exact) mass is 399 g/mol. The van der Waals surface area contributed by atoms with Gasteiger partial charge in [0.25, 0.3) is 0 Å². The van der Waals surface area contributed by atoms with Gasteiger partial charge >= 0.3 is 6.61 Å². The summed E-state index contributed by atoms with van der Waals surface area (Å²) >= 11 is 0. The second kappa shape index (κ2) is 10.4. The number of hydrogen-bond acceptors (Lipinski definition) is 3. The fourth-order valence-corrected chi connectivity index (χ4v) is 2.51. The smallest absolute Gasteiger partial charge is 0.387 e. The van der Waals surface area contributed by atoms with Gasteiger partial charge in [-0.1, -0.05) is 0 Å². The van der Waals surface area contributed by atoms with Gasteiger partial charge in [0.15, 0.2) is 5.96 Å². The first-order valence-corrected chi connectivity index (χ1v) is 8.42. The van der Waals surface area contributed by atoms with Crippen molar-refractivity contribution < 1.29 is 27.0 Å². The maximum Gasteiger partial charge on any atom is 0.387 e. The van der Waals surface area contributed by atoms with Crippen molar-refractivity contribution in [3.8, 4) is 11.5 Å². The summed E-state index contributed by atoms with van der Waals surface area (Å²) < 4.78 is 61.2. The third kappa shape index (κ3) is 6.64. The summed E-state index contributed by atoms with van der Waals surface area (Å²) in [6.07, 6.45) is 0.369. The molecule has 0 aliphatic carbocycles. The first-order valence-electron chi connectivity index (χ1n) is 8.42. The zero-order valence-electron chi connectivity index (χ0n) is 15.4. The molecule has 2 aromatic rings. The number of guanidine groups is 1. The quantitative estimate of drug-likeness (QED) is 0.405. The van der Waals surface area contributed by atoms with Crippen molar-refractivity contribution in [1.82, 2.24) is 10.6 Å². The summed E-state index contributed by atoms with van der Waals surface area (Å²) in [5.41, 5.74) is 0.954. The largest absolute Gasteiger partial charge is 0.497 e. The number of hydrogen-bond donors (Lipinski definition) is 2. The van der Waals surface area contributed by atoms with Crippen molar-refractivity contribution in [2.45, 2.75) is 19.6 Å². The molecule has 0 aliphatic rings. The van der Waals surface area contributed by atoms with Gasteiger partial charge in [0, 0.05) is 31.8 Å².